The average Bonchev–Trinajstić information content (AvgIpc) is 2.91. The van der Waals surface area contributed by atoms with Crippen molar-refractivity contribution in [2.75, 3.05) is 7.05 Å². The number of fused-ring (bicyclic) bond motifs is 1. The predicted octanol–water partition coefficient (Wildman–Crippen LogP) is 4.73. The molecule has 0 saturated heterocycles. The zero-order valence-electron chi connectivity index (χ0n) is 11.6. The Hall–Kier alpha value is -1.84. The van der Waals surface area contributed by atoms with Gasteiger partial charge in [0.1, 0.15) is 17.2 Å². The summed E-state index contributed by atoms with van der Waals surface area (Å²) >= 11 is 6.14. The Bertz CT molecular complexity index is 735. The molecule has 0 bridgehead atoms. The highest BCUT2D eigenvalue weighted by Gasteiger charge is 2.17. The minimum Gasteiger partial charge on any atom is -0.459 e. The number of hydrogen-bond donors (Lipinski definition) is 1. The fraction of sp³-hybridized carbons (Fsp3) is 0.176. The summed E-state index contributed by atoms with van der Waals surface area (Å²) in [5.41, 5.74) is 1.61. The summed E-state index contributed by atoms with van der Waals surface area (Å²) in [5, 5.41) is 4.82. The minimum absolute atomic E-state index is 0.0586. The van der Waals surface area contributed by atoms with Crippen LogP contribution < -0.4 is 5.32 Å². The van der Waals surface area contributed by atoms with Crippen LogP contribution in [0.1, 0.15) is 17.4 Å². The molecule has 1 heterocycles. The Morgan fingerprint density at radius 2 is 2.00 bits per heavy atom. The maximum absolute atomic E-state index is 13.4. The summed E-state index contributed by atoms with van der Waals surface area (Å²) < 4.78 is 19.2. The quantitative estimate of drug-likeness (QED) is 0.754. The molecule has 1 unspecified atom stereocenters. The lowest BCUT2D eigenvalue weighted by Gasteiger charge is -2.14. The van der Waals surface area contributed by atoms with Crippen molar-refractivity contribution < 1.29 is 8.81 Å². The van der Waals surface area contributed by atoms with Crippen LogP contribution in [0.3, 0.4) is 0 Å². The number of likely N-dealkylation sites (N-methyl/N-ethyl adjacent to an activating group) is 1. The van der Waals surface area contributed by atoms with Gasteiger partial charge in [-0.1, -0.05) is 29.8 Å². The SMILES string of the molecule is CNC(Cc1cc(F)ccc1Cl)c1cc2ccccc2o1. The number of nitrogens with one attached hydrogen (secondary N) is 1. The van der Waals surface area contributed by atoms with Gasteiger partial charge in [0.2, 0.25) is 0 Å². The predicted molar refractivity (Wildman–Crippen MR) is 83.1 cm³/mol. The number of furan rings is 1. The lowest BCUT2D eigenvalue weighted by atomic mass is 10.0. The van der Waals surface area contributed by atoms with Crippen LogP contribution in [0.5, 0.6) is 0 Å². The zero-order chi connectivity index (χ0) is 14.8. The monoisotopic (exact) mass is 303 g/mol. The van der Waals surface area contributed by atoms with Gasteiger partial charge in [-0.15, -0.1) is 0 Å². The summed E-state index contributed by atoms with van der Waals surface area (Å²) in [4.78, 5) is 0. The van der Waals surface area contributed by atoms with E-state index in [0.717, 1.165) is 22.3 Å². The van der Waals surface area contributed by atoms with Crippen molar-refractivity contribution in [1.29, 1.82) is 0 Å². The molecule has 21 heavy (non-hydrogen) atoms. The first-order valence-corrected chi connectivity index (χ1v) is 7.15. The maximum atomic E-state index is 13.4. The highest BCUT2D eigenvalue weighted by Crippen LogP contribution is 2.28. The lowest BCUT2D eigenvalue weighted by Crippen LogP contribution is -2.18. The molecule has 108 valence electrons. The van der Waals surface area contributed by atoms with Crippen LogP contribution in [0.25, 0.3) is 11.0 Å². The molecule has 0 radical (unpaired) electrons. The Morgan fingerprint density at radius 3 is 2.76 bits per heavy atom. The Morgan fingerprint density at radius 1 is 1.19 bits per heavy atom. The van der Waals surface area contributed by atoms with E-state index in [0.29, 0.717) is 11.4 Å². The van der Waals surface area contributed by atoms with Crippen molar-refractivity contribution in [2.45, 2.75) is 12.5 Å². The molecular weight excluding hydrogens is 289 g/mol. The maximum Gasteiger partial charge on any atom is 0.134 e. The molecule has 3 rings (SSSR count). The summed E-state index contributed by atoms with van der Waals surface area (Å²) in [5.74, 6) is 0.535. The molecule has 0 aliphatic heterocycles. The lowest BCUT2D eigenvalue weighted by molar-refractivity contribution is 0.450. The van der Waals surface area contributed by atoms with E-state index >= 15 is 0 Å². The van der Waals surface area contributed by atoms with E-state index in [1.54, 1.807) is 6.07 Å². The molecule has 1 atom stereocenters. The highest BCUT2D eigenvalue weighted by molar-refractivity contribution is 6.31. The third-order valence-electron chi connectivity index (χ3n) is 3.57. The normalized spacial score (nSPS) is 12.7. The molecule has 2 nitrogen and oxygen atoms in total. The summed E-state index contributed by atoms with van der Waals surface area (Å²) in [7, 11) is 1.85. The van der Waals surface area contributed by atoms with Gasteiger partial charge < -0.3 is 9.73 Å². The Kier molecular flexibility index (Phi) is 3.95. The number of halogens is 2. The second-order valence-corrected chi connectivity index (χ2v) is 5.37. The van der Waals surface area contributed by atoms with Crippen LogP contribution in [0.4, 0.5) is 4.39 Å². The van der Waals surface area contributed by atoms with E-state index < -0.39 is 0 Å². The third-order valence-corrected chi connectivity index (χ3v) is 3.94. The molecule has 4 heteroatoms. The third kappa shape index (κ3) is 2.94. The fourth-order valence-electron chi connectivity index (χ4n) is 2.44. The van der Waals surface area contributed by atoms with Crippen molar-refractivity contribution in [3.8, 4) is 0 Å². The Balaban J connectivity index is 1.92. The van der Waals surface area contributed by atoms with Crippen LogP contribution in [-0.2, 0) is 6.42 Å². The standard InChI is InChI=1S/C17H15ClFNO/c1-20-15(9-12-8-13(19)6-7-14(12)18)17-10-11-4-2-3-5-16(11)21-17/h2-8,10,15,20H,9H2,1H3. The molecule has 0 aliphatic rings. The van der Waals surface area contributed by atoms with Gasteiger partial charge in [-0.3, -0.25) is 0 Å². The van der Waals surface area contributed by atoms with Gasteiger partial charge in [0.05, 0.1) is 6.04 Å². The zero-order valence-corrected chi connectivity index (χ0v) is 12.3. The Labute approximate surface area is 127 Å². The van der Waals surface area contributed by atoms with Gasteiger partial charge in [0.15, 0.2) is 0 Å². The molecular formula is C17H15ClFNO. The van der Waals surface area contributed by atoms with Crippen molar-refractivity contribution in [2.24, 2.45) is 0 Å². The van der Waals surface area contributed by atoms with E-state index in [-0.39, 0.29) is 11.9 Å². The van der Waals surface area contributed by atoms with Crippen LogP contribution in [0.2, 0.25) is 5.02 Å². The number of para-hydroxylation sites is 1. The van der Waals surface area contributed by atoms with Crippen molar-refractivity contribution >= 4 is 22.6 Å². The van der Waals surface area contributed by atoms with Gasteiger partial charge in [0.25, 0.3) is 0 Å². The largest absolute Gasteiger partial charge is 0.459 e. The van der Waals surface area contributed by atoms with Gasteiger partial charge in [-0.05, 0) is 49.4 Å². The van der Waals surface area contributed by atoms with Crippen molar-refractivity contribution in [3.63, 3.8) is 0 Å². The minimum atomic E-state index is -0.283. The molecule has 1 aromatic heterocycles. The van der Waals surface area contributed by atoms with E-state index in [2.05, 4.69) is 5.32 Å². The molecule has 0 fully saturated rings. The molecule has 0 amide bonds. The van der Waals surface area contributed by atoms with Gasteiger partial charge in [-0.25, -0.2) is 4.39 Å². The molecule has 1 N–H and O–H groups in total. The van der Waals surface area contributed by atoms with E-state index in [1.807, 2.05) is 37.4 Å². The van der Waals surface area contributed by atoms with Crippen LogP contribution in [-0.4, -0.2) is 7.05 Å². The van der Waals surface area contributed by atoms with Gasteiger partial charge >= 0.3 is 0 Å². The molecule has 3 aromatic rings. The molecule has 2 aromatic carbocycles. The van der Waals surface area contributed by atoms with Gasteiger partial charge in [0, 0.05) is 10.4 Å². The second kappa shape index (κ2) is 5.88. The van der Waals surface area contributed by atoms with Crippen molar-refractivity contribution in [3.05, 3.63) is 70.7 Å². The van der Waals surface area contributed by atoms with E-state index in [1.165, 1.54) is 12.1 Å². The average molecular weight is 304 g/mol. The van der Waals surface area contributed by atoms with Gasteiger partial charge in [-0.2, -0.15) is 0 Å². The fourth-order valence-corrected chi connectivity index (χ4v) is 2.63. The first-order chi connectivity index (χ1) is 10.2. The smallest absolute Gasteiger partial charge is 0.134 e. The summed E-state index contributed by atoms with van der Waals surface area (Å²) in [6, 6.07) is 14.2. The van der Waals surface area contributed by atoms with E-state index in [9.17, 15) is 4.39 Å². The highest BCUT2D eigenvalue weighted by atomic mass is 35.5. The van der Waals surface area contributed by atoms with Crippen LogP contribution >= 0.6 is 11.6 Å². The molecule has 0 saturated carbocycles. The number of rotatable bonds is 4. The van der Waals surface area contributed by atoms with Crippen LogP contribution in [0, 0.1) is 5.82 Å². The number of benzene rings is 2. The molecule has 0 spiro atoms. The first kappa shape index (κ1) is 14.1. The summed E-state index contributed by atoms with van der Waals surface area (Å²) in [6.07, 6.45) is 0.562. The van der Waals surface area contributed by atoms with Crippen LogP contribution in [0.15, 0.2) is 52.9 Å². The summed E-state index contributed by atoms with van der Waals surface area (Å²) in [6.45, 7) is 0. The first-order valence-electron chi connectivity index (χ1n) is 6.77. The van der Waals surface area contributed by atoms with Crippen molar-refractivity contribution in [1.82, 2.24) is 5.32 Å². The topological polar surface area (TPSA) is 25.2 Å². The molecule has 0 aliphatic carbocycles. The second-order valence-electron chi connectivity index (χ2n) is 4.97. The van der Waals surface area contributed by atoms with E-state index in [4.69, 9.17) is 16.0 Å². The number of hydrogen-bond acceptors (Lipinski definition) is 2.